The maximum absolute atomic E-state index is 10.2. The van der Waals surface area contributed by atoms with Crippen molar-refractivity contribution in [2.75, 3.05) is 13.2 Å². The van der Waals surface area contributed by atoms with E-state index in [1.54, 1.807) is 0 Å². The molecule has 1 aromatic rings. The molecular weight excluding hydrogens is 298 g/mol. The van der Waals surface area contributed by atoms with Crippen LogP contribution < -0.4 is 0 Å². The molecule has 6 heteroatoms. The second kappa shape index (κ2) is 10.7. The van der Waals surface area contributed by atoms with Crippen molar-refractivity contribution in [2.45, 2.75) is 64.5 Å². The number of rotatable bonds is 12. The fourth-order valence-corrected chi connectivity index (χ4v) is 2.72. The number of allylic oxidation sites excluding steroid dienone is 1. The predicted octanol–water partition coefficient (Wildman–Crippen LogP) is 3.58. The maximum atomic E-state index is 10.2. The number of aromatic amines is 1. The topological polar surface area (TPSA) is 63.1 Å². The highest BCUT2D eigenvalue weighted by molar-refractivity contribution is 7.71. The Morgan fingerprint density at radius 1 is 1.45 bits per heavy atom. The van der Waals surface area contributed by atoms with Gasteiger partial charge in [0.15, 0.2) is 4.77 Å². The first-order valence-electron chi connectivity index (χ1n) is 8.15. The van der Waals surface area contributed by atoms with Gasteiger partial charge in [-0.05, 0) is 31.5 Å². The van der Waals surface area contributed by atoms with E-state index in [1.165, 1.54) is 0 Å². The highest BCUT2D eigenvalue weighted by Crippen LogP contribution is 2.26. The minimum atomic E-state index is -0.476. The number of nitrogens with zero attached hydrogens (tertiary/aromatic N) is 2. The molecule has 22 heavy (non-hydrogen) atoms. The largest absolute Gasteiger partial charge is 0.391 e. The monoisotopic (exact) mass is 327 g/mol. The van der Waals surface area contributed by atoms with Crippen molar-refractivity contribution >= 4 is 12.2 Å². The lowest BCUT2D eigenvalue weighted by molar-refractivity contribution is 0.0280. The van der Waals surface area contributed by atoms with Gasteiger partial charge in [0.1, 0.15) is 5.82 Å². The van der Waals surface area contributed by atoms with E-state index in [0.717, 1.165) is 31.5 Å². The molecule has 0 saturated carbocycles. The Labute approximate surface area is 138 Å². The summed E-state index contributed by atoms with van der Waals surface area (Å²) in [6, 6.07) is 0. The zero-order valence-electron chi connectivity index (χ0n) is 13.8. The van der Waals surface area contributed by atoms with Crippen molar-refractivity contribution in [2.24, 2.45) is 0 Å². The zero-order valence-corrected chi connectivity index (χ0v) is 14.6. The van der Waals surface area contributed by atoms with Crippen LogP contribution in [0.5, 0.6) is 0 Å². The molecule has 0 bridgehead atoms. The van der Waals surface area contributed by atoms with E-state index in [0.29, 0.717) is 31.0 Å². The Morgan fingerprint density at radius 2 is 2.23 bits per heavy atom. The second-order valence-electron chi connectivity index (χ2n) is 5.59. The first-order chi connectivity index (χ1) is 10.6. The van der Waals surface area contributed by atoms with E-state index >= 15 is 0 Å². The molecule has 0 aliphatic rings. The van der Waals surface area contributed by atoms with E-state index in [1.807, 2.05) is 10.6 Å². The Kier molecular flexibility index (Phi) is 9.27. The second-order valence-corrected chi connectivity index (χ2v) is 5.98. The average molecular weight is 327 g/mol. The first kappa shape index (κ1) is 19.1. The average Bonchev–Trinajstić information content (AvgIpc) is 2.85. The number of ether oxygens (including phenoxy) is 1. The third kappa shape index (κ3) is 6.02. The van der Waals surface area contributed by atoms with Crippen molar-refractivity contribution < 1.29 is 9.84 Å². The Balaban J connectivity index is 2.79. The van der Waals surface area contributed by atoms with Crippen molar-refractivity contribution in [1.29, 1.82) is 0 Å². The minimum Gasteiger partial charge on any atom is -0.391 e. The molecule has 126 valence electrons. The number of hydrogen-bond donors (Lipinski definition) is 2. The molecule has 0 amide bonds. The number of unbranched alkanes of at least 4 members (excludes halogenated alkanes) is 1. The van der Waals surface area contributed by atoms with Gasteiger partial charge in [0, 0.05) is 19.1 Å². The molecule has 2 N–H and O–H groups in total. The van der Waals surface area contributed by atoms with Gasteiger partial charge in [-0.1, -0.05) is 32.8 Å². The summed E-state index contributed by atoms with van der Waals surface area (Å²) in [7, 11) is 0. The van der Waals surface area contributed by atoms with Crippen molar-refractivity contribution in [3.8, 4) is 0 Å². The summed E-state index contributed by atoms with van der Waals surface area (Å²) in [4.78, 5) is 0. The minimum absolute atomic E-state index is 0.174. The molecule has 5 nitrogen and oxygen atoms in total. The van der Waals surface area contributed by atoms with Gasteiger partial charge in [-0.25, -0.2) is 0 Å². The Hall–Kier alpha value is -0.980. The van der Waals surface area contributed by atoms with Gasteiger partial charge < -0.3 is 14.4 Å². The fourth-order valence-electron chi connectivity index (χ4n) is 2.51. The summed E-state index contributed by atoms with van der Waals surface area (Å²) in [5.41, 5.74) is 0. The Bertz CT molecular complexity index is 484. The molecule has 0 radical (unpaired) electrons. The number of aliphatic hydroxyl groups excluding tert-OH is 1. The summed E-state index contributed by atoms with van der Waals surface area (Å²) in [5, 5.41) is 17.5. The molecule has 1 heterocycles. The molecule has 0 aliphatic carbocycles. The van der Waals surface area contributed by atoms with E-state index in [-0.39, 0.29) is 5.92 Å². The molecule has 0 spiro atoms. The third-order valence-electron chi connectivity index (χ3n) is 3.59. The maximum Gasteiger partial charge on any atom is 0.195 e. The first-order valence-corrected chi connectivity index (χ1v) is 8.56. The van der Waals surface area contributed by atoms with Gasteiger partial charge in [0.2, 0.25) is 0 Å². The van der Waals surface area contributed by atoms with Crippen LogP contribution in [0, 0.1) is 4.77 Å². The van der Waals surface area contributed by atoms with E-state index in [9.17, 15) is 5.11 Å². The smallest absolute Gasteiger partial charge is 0.195 e. The standard InChI is InChI=1S/C16H29N3O2S/c1-4-7-8-13(11-14(20)12-21-10-6-3)15-17-18-16(22)19(15)9-5-2/h5,13-14,20H,2,4,6-12H2,1,3H3,(H,18,22)/t13-,14-/m0/s1. The third-order valence-corrected chi connectivity index (χ3v) is 3.90. The molecule has 1 aromatic heterocycles. The number of aliphatic hydroxyl groups is 1. The molecule has 0 unspecified atom stereocenters. The zero-order chi connectivity index (χ0) is 16.4. The van der Waals surface area contributed by atoms with E-state index in [2.05, 4.69) is 30.6 Å². The van der Waals surface area contributed by atoms with Gasteiger partial charge >= 0.3 is 0 Å². The number of hydrogen-bond acceptors (Lipinski definition) is 4. The van der Waals surface area contributed by atoms with Crippen molar-refractivity contribution in [1.82, 2.24) is 14.8 Å². The molecule has 2 atom stereocenters. The van der Waals surface area contributed by atoms with E-state index < -0.39 is 6.10 Å². The van der Waals surface area contributed by atoms with Crippen LogP contribution in [-0.4, -0.2) is 39.2 Å². The summed E-state index contributed by atoms with van der Waals surface area (Å²) >= 11 is 5.28. The summed E-state index contributed by atoms with van der Waals surface area (Å²) in [6.45, 7) is 9.70. The van der Waals surface area contributed by atoms with Crippen molar-refractivity contribution in [3.05, 3.63) is 23.3 Å². The highest BCUT2D eigenvalue weighted by atomic mass is 32.1. The lowest BCUT2D eigenvalue weighted by atomic mass is 9.94. The lowest BCUT2D eigenvalue weighted by Crippen LogP contribution is -2.21. The van der Waals surface area contributed by atoms with Gasteiger partial charge in [0.25, 0.3) is 0 Å². The van der Waals surface area contributed by atoms with Crippen LogP contribution >= 0.6 is 12.2 Å². The predicted molar refractivity (Wildman–Crippen MR) is 91.6 cm³/mol. The van der Waals surface area contributed by atoms with Crippen LogP contribution in [0.15, 0.2) is 12.7 Å². The summed E-state index contributed by atoms with van der Waals surface area (Å²) in [5.74, 6) is 1.08. The van der Waals surface area contributed by atoms with Crippen LogP contribution in [0.4, 0.5) is 0 Å². The Morgan fingerprint density at radius 3 is 2.86 bits per heavy atom. The van der Waals surface area contributed by atoms with Crippen LogP contribution in [0.1, 0.15) is 57.7 Å². The molecule has 0 saturated heterocycles. The van der Waals surface area contributed by atoms with Gasteiger partial charge in [-0.3, -0.25) is 5.10 Å². The summed E-state index contributed by atoms with van der Waals surface area (Å²) in [6.07, 6.45) is 6.14. The lowest BCUT2D eigenvalue weighted by Gasteiger charge is -2.20. The molecule has 0 aliphatic heterocycles. The van der Waals surface area contributed by atoms with Gasteiger partial charge in [-0.15, -0.1) is 6.58 Å². The normalized spacial score (nSPS) is 14.0. The number of nitrogens with one attached hydrogen (secondary N) is 1. The number of aromatic nitrogens is 3. The highest BCUT2D eigenvalue weighted by Gasteiger charge is 2.21. The molecule has 1 rings (SSSR count). The fraction of sp³-hybridized carbons (Fsp3) is 0.750. The molecular formula is C16H29N3O2S. The van der Waals surface area contributed by atoms with Crippen LogP contribution in [-0.2, 0) is 11.3 Å². The quantitative estimate of drug-likeness (QED) is 0.350. The van der Waals surface area contributed by atoms with E-state index in [4.69, 9.17) is 17.0 Å². The SMILES string of the molecule is C=CCn1c([C@@H](CCCC)C[C@H](O)COCCC)n[nH]c1=S. The molecule has 0 aromatic carbocycles. The van der Waals surface area contributed by atoms with Crippen LogP contribution in [0.2, 0.25) is 0 Å². The van der Waals surface area contributed by atoms with Gasteiger partial charge in [0.05, 0.1) is 12.7 Å². The summed E-state index contributed by atoms with van der Waals surface area (Å²) < 4.78 is 8.01. The molecule has 0 fully saturated rings. The van der Waals surface area contributed by atoms with Crippen LogP contribution in [0.3, 0.4) is 0 Å². The van der Waals surface area contributed by atoms with Gasteiger partial charge in [-0.2, -0.15) is 5.10 Å². The van der Waals surface area contributed by atoms with Crippen molar-refractivity contribution in [3.63, 3.8) is 0 Å². The number of H-pyrrole nitrogens is 1. The van der Waals surface area contributed by atoms with Crippen LogP contribution in [0.25, 0.3) is 0 Å².